The van der Waals surface area contributed by atoms with E-state index in [-0.39, 0.29) is 18.5 Å². The molecule has 1 saturated heterocycles. The van der Waals surface area contributed by atoms with Crippen LogP contribution in [0.1, 0.15) is 32.1 Å². The highest BCUT2D eigenvalue weighted by atomic mass is 32.2. The molecular weight excluding hydrogens is 242 g/mol. The number of rotatable bonds is 8. The second kappa shape index (κ2) is 7.31. The molecule has 17 heavy (non-hydrogen) atoms. The van der Waals surface area contributed by atoms with Crippen LogP contribution in [0.15, 0.2) is 0 Å². The Morgan fingerprint density at radius 1 is 1.35 bits per heavy atom. The third kappa shape index (κ3) is 5.33. The molecule has 1 atom stereocenters. The first-order chi connectivity index (χ1) is 8.06. The van der Waals surface area contributed by atoms with Gasteiger partial charge in [0.05, 0.1) is 11.9 Å². The zero-order valence-electron chi connectivity index (χ0n) is 10.5. The van der Waals surface area contributed by atoms with Crippen LogP contribution in [0.25, 0.3) is 0 Å². The van der Waals surface area contributed by atoms with Gasteiger partial charge in [-0.3, -0.25) is 0 Å². The summed E-state index contributed by atoms with van der Waals surface area (Å²) in [5, 5.41) is 8.63. The molecule has 0 aromatic rings. The van der Waals surface area contributed by atoms with Gasteiger partial charge in [0, 0.05) is 26.8 Å². The minimum absolute atomic E-state index is 0.101. The SMILES string of the molecule is CN(CCCCCO)S(=O)(=O)CC1CCCO1. The van der Waals surface area contributed by atoms with Crippen molar-refractivity contribution in [2.24, 2.45) is 0 Å². The number of ether oxygens (including phenoxy) is 1. The monoisotopic (exact) mass is 265 g/mol. The highest BCUT2D eigenvalue weighted by molar-refractivity contribution is 7.89. The first-order valence-corrected chi connectivity index (χ1v) is 7.83. The van der Waals surface area contributed by atoms with Gasteiger partial charge in [-0.2, -0.15) is 0 Å². The molecule has 1 N–H and O–H groups in total. The van der Waals surface area contributed by atoms with Crippen molar-refractivity contribution < 1.29 is 18.3 Å². The molecule has 0 bridgehead atoms. The Bertz CT molecular complexity index is 299. The quantitative estimate of drug-likeness (QED) is 0.652. The smallest absolute Gasteiger partial charge is 0.216 e. The molecule has 0 amide bonds. The van der Waals surface area contributed by atoms with Gasteiger partial charge in [0.1, 0.15) is 0 Å². The summed E-state index contributed by atoms with van der Waals surface area (Å²) < 4.78 is 30.6. The van der Waals surface area contributed by atoms with Crippen LogP contribution in [0.3, 0.4) is 0 Å². The number of nitrogens with zero attached hydrogens (tertiary/aromatic N) is 1. The largest absolute Gasteiger partial charge is 0.396 e. The standard InChI is InChI=1S/C11H23NO4S/c1-12(7-3-2-4-8-13)17(14,15)10-11-6-5-9-16-11/h11,13H,2-10H2,1H3. The molecule has 1 fully saturated rings. The van der Waals surface area contributed by atoms with E-state index < -0.39 is 10.0 Å². The summed E-state index contributed by atoms with van der Waals surface area (Å²) in [6, 6.07) is 0. The molecule has 102 valence electrons. The van der Waals surface area contributed by atoms with Gasteiger partial charge in [-0.1, -0.05) is 0 Å². The molecule has 1 heterocycles. The summed E-state index contributed by atoms with van der Waals surface area (Å²) in [5.74, 6) is 0.101. The average Bonchev–Trinajstić information content (AvgIpc) is 2.76. The van der Waals surface area contributed by atoms with Crippen molar-refractivity contribution in [1.82, 2.24) is 4.31 Å². The van der Waals surface area contributed by atoms with Gasteiger partial charge in [0.25, 0.3) is 0 Å². The molecule has 0 radical (unpaired) electrons. The number of hydrogen-bond donors (Lipinski definition) is 1. The van der Waals surface area contributed by atoms with Crippen molar-refractivity contribution in [2.45, 2.75) is 38.2 Å². The van der Waals surface area contributed by atoms with Crippen molar-refractivity contribution in [3.05, 3.63) is 0 Å². The van der Waals surface area contributed by atoms with Crippen LogP contribution in [0.5, 0.6) is 0 Å². The van der Waals surface area contributed by atoms with E-state index in [9.17, 15) is 8.42 Å². The third-order valence-corrected chi connectivity index (χ3v) is 4.95. The molecular formula is C11H23NO4S. The highest BCUT2D eigenvalue weighted by Gasteiger charge is 2.26. The lowest BCUT2D eigenvalue weighted by Crippen LogP contribution is -2.34. The van der Waals surface area contributed by atoms with Gasteiger partial charge in [0.2, 0.25) is 10.0 Å². The zero-order chi connectivity index (χ0) is 12.7. The van der Waals surface area contributed by atoms with Gasteiger partial charge >= 0.3 is 0 Å². The van der Waals surface area contributed by atoms with Gasteiger partial charge in [-0.25, -0.2) is 12.7 Å². The fourth-order valence-corrected chi connectivity index (χ4v) is 3.29. The molecule has 1 unspecified atom stereocenters. The van der Waals surface area contributed by atoms with Gasteiger partial charge < -0.3 is 9.84 Å². The van der Waals surface area contributed by atoms with Gasteiger partial charge in [-0.05, 0) is 32.1 Å². The third-order valence-electron chi connectivity index (χ3n) is 3.03. The zero-order valence-corrected chi connectivity index (χ0v) is 11.3. The van der Waals surface area contributed by atoms with Crippen molar-refractivity contribution >= 4 is 10.0 Å². The van der Waals surface area contributed by atoms with Crippen molar-refractivity contribution in [3.63, 3.8) is 0 Å². The maximum atomic E-state index is 11.9. The molecule has 1 aliphatic rings. The molecule has 0 aromatic heterocycles. The van der Waals surface area contributed by atoms with E-state index >= 15 is 0 Å². The number of hydrogen-bond acceptors (Lipinski definition) is 4. The van der Waals surface area contributed by atoms with E-state index in [4.69, 9.17) is 9.84 Å². The van der Waals surface area contributed by atoms with Gasteiger partial charge in [-0.15, -0.1) is 0 Å². The molecule has 6 heteroatoms. The second-order valence-electron chi connectivity index (χ2n) is 4.52. The minimum atomic E-state index is -3.19. The maximum Gasteiger partial charge on any atom is 0.216 e. The Labute approximate surface area is 104 Å². The summed E-state index contributed by atoms with van der Waals surface area (Å²) >= 11 is 0. The lowest BCUT2D eigenvalue weighted by atomic mass is 10.2. The van der Waals surface area contributed by atoms with Crippen LogP contribution in [-0.2, 0) is 14.8 Å². The first-order valence-electron chi connectivity index (χ1n) is 6.23. The van der Waals surface area contributed by atoms with Crippen LogP contribution in [0, 0.1) is 0 Å². The second-order valence-corrected chi connectivity index (χ2v) is 6.64. The molecule has 5 nitrogen and oxygen atoms in total. The van der Waals surface area contributed by atoms with Crippen molar-refractivity contribution in [2.75, 3.05) is 32.6 Å². The molecule has 0 aromatic carbocycles. The van der Waals surface area contributed by atoms with E-state index in [1.54, 1.807) is 7.05 Å². The Hall–Kier alpha value is -0.170. The fraction of sp³-hybridized carbons (Fsp3) is 1.00. The Kier molecular flexibility index (Phi) is 6.40. The summed E-state index contributed by atoms with van der Waals surface area (Å²) in [6.45, 7) is 1.38. The average molecular weight is 265 g/mol. The van der Waals surface area contributed by atoms with Crippen LogP contribution >= 0.6 is 0 Å². The number of aliphatic hydroxyl groups excluding tert-OH is 1. The van der Waals surface area contributed by atoms with Crippen molar-refractivity contribution in [1.29, 1.82) is 0 Å². The van der Waals surface area contributed by atoms with Crippen LogP contribution in [0.4, 0.5) is 0 Å². The van der Waals surface area contributed by atoms with Crippen LogP contribution in [-0.4, -0.2) is 56.5 Å². The van der Waals surface area contributed by atoms with E-state index in [0.29, 0.717) is 13.2 Å². The van der Waals surface area contributed by atoms with E-state index in [2.05, 4.69) is 0 Å². The molecule has 0 aliphatic carbocycles. The van der Waals surface area contributed by atoms with Crippen LogP contribution < -0.4 is 0 Å². The summed E-state index contributed by atoms with van der Waals surface area (Å²) in [6.07, 6.45) is 4.07. The number of aliphatic hydroxyl groups is 1. The predicted molar refractivity (Wildman–Crippen MR) is 66.3 cm³/mol. The molecule has 1 rings (SSSR count). The van der Waals surface area contributed by atoms with E-state index in [0.717, 1.165) is 32.1 Å². The summed E-state index contributed by atoms with van der Waals surface area (Å²) in [5.41, 5.74) is 0. The molecule has 0 saturated carbocycles. The van der Waals surface area contributed by atoms with E-state index in [1.807, 2.05) is 0 Å². The maximum absolute atomic E-state index is 11.9. The molecule has 0 spiro atoms. The lowest BCUT2D eigenvalue weighted by Gasteiger charge is -2.19. The Morgan fingerprint density at radius 2 is 2.12 bits per heavy atom. The topological polar surface area (TPSA) is 66.8 Å². The Morgan fingerprint density at radius 3 is 2.71 bits per heavy atom. The predicted octanol–water partition coefficient (Wildman–Crippen LogP) is 0.590. The Balaban J connectivity index is 2.29. The highest BCUT2D eigenvalue weighted by Crippen LogP contribution is 2.15. The summed E-state index contributed by atoms with van der Waals surface area (Å²) in [4.78, 5) is 0. The van der Waals surface area contributed by atoms with Gasteiger partial charge in [0.15, 0.2) is 0 Å². The molecule has 1 aliphatic heterocycles. The normalized spacial score (nSPS) is 21.2. The number of sulfonamides is 1. The van der Waals surface area contributed by atoms with E-state index in [1.165, 1.54) is 4.31 Å². The lowest BCUT2D eigenvalue weighted by molar-refractivity contribution is 0.126. The first kappa shape index (κ1) is 14.9. The number of unbranched alkanes of at least 4 members (excludes halogenated alkanes) is 2. The van der Waals surface area contributed by atoms with Crippen molar-refractivity contribution in [3.8, 4) is 0 Å². The minimum Gasteiger partial charge on any atom is -0.396 e. The van der Waals surface area contributed by atoms with Crippen LogP contribution in [0.2, 0.25) is 0 Å². The fourth-order valence-electron chi connectivity index (χ4n) is 1.90. The summed E-state index contributed by atoms with van der Waals surface area (Å²) in [7, 11) is -1.57.